The molecule has 2 rings (SSSR count). The summed E-state index contributed by atoms with van der Waals surface area (Å²) in [4.78, 5) is 14.5. The summed E-state index contributed by atoms with van der Waals surface area (Å²) in [5.74, 6) is -0.201. The molecule has 0 aliphatic carbocycles. The Balaban J connectivity index is 2.07. The number of nitrogens with zero attached hydrogens (tertiary/aromatic N) is 2. The van der Waals surface area contributed by atoms with Crippen LogP contribution in [0.2, 0.25) is 15.1 Å². The van der Waals surface area contributed by atoms with Crippen LogP contribution >= 0.6 is 34.8 Å². The van der Waals surface area contributed by atoms with Crippen molar-refractivity contribution < 1.29 is 4.79 Å². The second-order valence-electron chi connectivity index (χ2n) is 5.77. The fourth-order valence-electron chi connectivity index (χ4n) is 2.56. The van der Waals surface area contributed by atoms with Gasteiger partial charge in [-0.15, -0.1) is 0 Å². The number of hydrogen-bond acceptors (Lipinski definition) is 3. The number of carbonyl (C=O) groups excluding carboxylic acids is 1. The van der Waals surface area contributed by atoms with Gasteiger partial charge >= 0.3 is 0 Å². The van der Waals surface area contributed by atoms with Crippen LogP contribution in [0.3, 0.4) is 0 Å². The molecule has 0 spiro atoms. The highest BCUT2D eigenvalue weighted by atomic mass is 35.5. The summed E-state index contributed by atoms with van der Waals surface area (Å²) in [6.07, 6.45) is 0. The molecular formula is C19H18Cl3N3O. The van der Waals surface area contributed by atoms with E-state index in [2.05, 4.69) is 11.4 Å². The molecule has 0 radical (unpaired) electrons. The van der Waals surface area contributed by atoms with Gasteiger partial charge in [-0.1, -0.05) is 53.9 Å². The zero-order valence-electron chi connectivity index (χ0n) is 14.4. The van der Waals surface area contributed by atoms with E-state index in [0.29, 0.717) is 32.9 Å². The van der Waals surface area contributed by atoms with E-state index >= 15 is 0 Å². The van der Waals surface area contributed by atoms with Crippen molar-refractivity contribution in [3.05, 3.63) is 62.6 Å². The molecule has 2 aromatic carbocycles. The number of anilines is 1. The standard InChI is InChI=1S/C19H18Cl3N3O/c1-3-25(12(2)14-6-4-13(10-23)5-7-14)11-19(26)24-18-9-16(21)15(20)8-17(18)22/h4-9,12H,3,11H2,1-2H3,(H,24,26). The van der Waals surface area contributed by atoms with Crippen molar-refractivity contribution in [3.8, 4) is 6.07 Å². The summed E-state index contributed by atoms with van der Waals surface area (Å²) in [5, 5.41) is 12.7. The molecule has 0 fully saturated rings. The summed E-state index contributed by atoms with van der Waals surface area (Å²) in [7, 11) is 0. The SMILES string of the molecule is CCN(CC(=O)Nc1cc(Cl)c(Cl)cc1Cl)C(C)c1ccc(C#N)cc1. The summed E-state index contributed by atoms with van der Waals surface area (Å²) < 4.78 is 0. The Hall–Kier alpha value is -1.77. The minimum Gasteiger partial charge on any atom is -0.324 e. The third-order valence-corrected chi connectivity index (χ3v) is 5.14. The maximum absolute atomic E-state index is 12.4. The maximum atomic E-state index is 12.4. The molecule has 1 N–H and O–H groups in total. The highest BCUT2D eigenvalue weighted by Gasteiger charge is 2.18. The quantitative estimate of drug-likeness (QED) is 0.636. The van der Waals surface area contributed by atoms with Crippen molar-refractivity contribution in [2.75, 3.05) is 18.4 Å². The number of nitrogens with one attached hydrogen (secondary N) is 1. The van der Waals surface area contributed by atoms with Gasteiger partial charge in [-0.2, -0.15) is 5.26 Å². The predicted molar refractivity (Wildman–Crippen MR) is 107 cm³/mol. The molecule has 1 unspecified atom stereocenters. The van der Waals surface area contributed by atoms with Gasteiger partial charge in [0.25, 0.3) is 0 Å². The molecule has 0 aromatic heterocycles. The Kier molecular flexibility index (Phi) is 7.31. The number of amides is 1. The second kappa shape index (κ2) is 9.25. The lowest BCUT2D eigenvalue weighted by atomic mass is 10.0. The van der Waals surface area contributed by atoms with E-state index < -0.39 is 0 Å². The van der Waals surface area contributed by atoms with E-state index in [9.17, 15) is 4.79 Å². The van der Waals surface area contributed by atoms with Gasteiger partial charge in [0.15, 0.2) is 0 Å². The number of rotatable bonds is 6. The average Bonchev–Trinajstić information content (AvgIpc) is 2.63. The Morgan fingerprint density at radius 2 is 1.77 bits per heavy atom. The Bertz CT molecular complexity index is 831. The number of hydrogen-bond donors (Lipinski definition) is 1. The molecule has 0 heterocycles. The third-order valence-electron chi connectivity index (χ3n) is 4.11. The molecule has 2 aromatic rings. The van der Waals surface area contributed by atoms with Crippen LogP contribution in [0.1, 0.15) is 31.0 Å². The normalized spacial score (nSPS) is 11.9. The molecule has 1 atom stereocenters. The topological polar surface area (TPSA) is 56.1 Å². The van der Waals surface area contributed by atoms with E-state index in [1.807, 2.05) is 30.9 Å². The fourth-order valence-corrected chi connectivity index (χ4v) is 3.16. The van der Waals surface area contributed by atoms with Crippen LogP contribution in [0.15, 0.2) is 36.4 Å². The molecule has 0 saturated carbocycles. The molecular weight excluding hydrogens is 393 g/mol. The van der Waals surface area contributed by atoms with Gasteiger partial charge in [0.2, 0.25) is 5.91 Å². The van der Waals surface area contributed by atoms with Crippen molar-refractivity contribution in [1.82, 2.24) is 4.90 Å². The van der Waals surface area contributed by atoms with Crippen LogP contribution < -0.4 is 5.32 Å². The van der Waals surface area contributed by atoms with E-state index in [4.69, 9.17) is 40.1 Å². The molecule has 0 bridgehead atoms. The first kappa shape index (κ1) is 20.5. The van der Waals surface area contributed by atoms with Crippen LogP contribution in [0.4, 0.5) is 5.69 Å². The van der Waals surface area contributed by atoms with Crippen LogP contribution in [0.25, 0.3) is 0 Å². The lowest BCUT2D eigenvalue weighted by molar-refractivity contribution is -0.117. The average molecular weight is 411 g/mol. The Labute approximate surface area is 168 Å². The van der Waals surface area contributed by atoms with Crippen molar-refractivity contribution in [2.24, 2.45) is 0 Å². The molecule has 4 nitrogen and oxygen atoms in total. The number of likely N-dealkylation sites (N-methyl/N-ethyl adjacent to an activating group) is 1. The fraction of sp³-hybridized carbons (Fsp3) is 0.263. The monoisotopic (exact) mass is 409 g/mol. The summed E-state index contributed by atoms with van der Waals surface area (Å²) >= 11 is 18.0. The van der Waals surface area contributed by atoms with Crippen molar-refractivity contribution in [3.63, 3.8) is 0 Å². The molecule has 0 saturated heterocycles. The van der Waals surface area contributed by atoms with Gasteiger partial charge in [-0.3, -0.25) is 9.69 Å². The van der Waals surface area contributed by atoms with Gasteiger partial charge in [0.1, 0.15) is 0 Å². The van der Waals surface area contributed by atoms with Crippen LogP contribution in [0.5, 0.6) is 0 Å². The smallest absolute Gasteiger partial charge is 0.238 e. The minimum absolute atomic E-state index is 0.0165. The summed E-state index contributed by atoms with van der Waals surface area (Å²) in [5.41, 5.74) is 2.07. The Morgan fingerprint density at radius 3 is 2.35 bits per heavy atom. The van der Waals surface area contributed by atoms with Gasteiger partial charge < -0.3 is 5.32 Å². The lowest BCUT2D eigenvalue weighted by Crippen LogP contribution is -2.35. The molecule has 7 heteroatoms. The first-order valence-corrected chi connectivity index (χ1v) is 9.17. The molecule has 136 valence electrons. The van der Waals surface area contributed by atoms with Gasteiger partial charge in [0, 0.05) is 6.04 Å². The van der Waals surface area contributed by atoms with E-state index in [1.165, 1.54) is 12.1 Å². The van der Waals surface area contributed by atoms with Crippen molar-refractivity contribution in [2.45, 2.75) is 19.9 Å². The van der Waals surface area contributed by atoms with Gasteiger partial charge in [-0.25, -0.2) is 0 Å². The van der Waals surface area contributed by atoms with E-state index in [0.717, 1.165) is 5.56 Å². The first-order valence-electron chi connectivity index (χ1n) is 8.04. The van der Waals surface area contributed by atoms with Crippen molar-refractivity contribution in [1.29, 1.82) is 5.26 Å². The van der Waals surface area contributed by atoms with Crippen LogP contribution in [-0.4, -0.2) is 23.9 Å². The lowest BCUT2D eigenvalue weighted by Gasteiger charge is -2.27. The van der Waals surface area contributed by atoms with Crippen molar-refractivity contribution >= 4 is 46.4 Å². The number of benzene rings is 2. The number of nitriles is 1. The minimum atomic E-state index is -0.201. The largest absolute Gasteiger partial charge is 0.324 e. The van der Waals surface area contributed by atoms with E-state index in [1.54, 1.807) is 12.1 Å². The van der Waals surface area contributed by atoms with E-state index in [-0.39, 0.29) is 18.5 Å². The first-order chi connectivity index (χ1) is 12.3. The van der Waals surface area contributed by atoms with Crippen LogP contribution in [0, 0.1) is 11.3 Å². The van der Waals surface area contributed by atoms with Gasteiger partial charge in [-0.05, 0) is 43.3 Å². The number of carbonyl (C=O) groups is 1. The number of halogens is 3. The zero-order valence-corrected chi connectivity index (χ0v) is 16.7. The Morgan fingerprint density at radius 1 is 1.15 bits per heavy atom. The second-order valence-corrected chi connectivity index (χ2v) is 6.99. The summed E-state index contributed by atoms with van der Waals surface area (Å²) in [6, 6.07) is 12.5. The molecule has 0 aliphatic heterocycles. The molecule has 1 amide bonds. The molecule has 26 heavy (non-hydrogen) atoms. The van der Waals surface area contributed by atoms with Crippen LogP contribution in [-0.2, 0) is 4.79 Å². The third kappa shape index (κ3) is 5.12. The highest BCUT2D eigenvalue weighted by Crippen LogP contribution is 2.32. The highest BCUT2D eigenvalue weighted by molar-refractivity contribution is 6.44. The van der Waals surface area contributed by atoms with Gasteiger partial charge in [0.05, 0.1) is 38.9 Å². The predicted octanol–water partition coefficient (Wildman–Crippen LogP) is 5.54. The zero-order chi connectivity index (χ0) is 19.3. The maximum Gasteiger partial charge on any atom is 0.238 e. The molecule has 0 aliphatic rings. The summed E-state index contributed by atoms with van der Waals surface area (Å²) in [6.45, 7) is 4.88.